The molecule has 0 spiro atoms. The highest BCUT2D eigenvalue weighted by molar-refractivity contribution is 6.35. The van der Waals surface area contributed by atoms with Crippen LogP contribution in [-0.2, 0) is 0 Å². The number of rotatable bonds is 3. The van der Waals surface area contributed by atoms with Gasteiger partial charge >= 0.3 is 0 Å². The minimum atomic E-state index is 0.107. The van der Waals surface area contributed by atoms with E-state index in [4.69, 9.17) is 27.7 Å². The van der Waals surface area contributed by atoms with Crippen molar-refractivity contribution in [3.05, 3.63) is 28.2 Å². The molecular weight excluding hydrogens is 311 g/mol. The van der Waals surface area contributed by atoms with Crippen molar-refractivity contribution in [1.82, 2.24) is 20.4 Å². The fourth-order valence-corrected chi connectivity index (χ4v) is 3.07. The summed E-state index contributed by atoms with van der Waals surface area (Å²) in [5.41, 5.74) is 0.485. The predicted molar refractivity (Wildman–Crippen MR) is 81.3 cm³/mol. The minimum absolute atomic E-state index is 0.107. The van der Waals surface area contributed by atoms with Crippen LogP contribution in [0.4, 0.5) is 0 Å². The average Bonchev–Trinajstić information content (AvgIpc) is 2.97. The van der Waals surface area contributed by atoms with Crippen molar-refractivity contribution in [2.45, 2.75) is 32.2 Å². The molecule has 0 amide bonds. The molecule has 1 saturated heterocycles. The van der Waals surface area contributed by atoms with Gasteiger partial charge in [-0.1, -0.05) is 41.7 Å². The zero-order valence-corrected chi connectivity index (χ0v) is 13.2. The van der Waals surface area contributed by atoms with Gasteiger partial charge in [0.25, 0.3) is 0 Å². The Morgan fingerprint density at radius 2 is 2.29 bits per heavy atom. The Balaban J connectivity index is 1.83. The lowest BCUT2D eigenvalue weighted by molar-refractivity contribution is 0.246. The standard InChI is InChI=1S/C14H16Cl2N4O/c1-2-8-3-4-17-11(5-8)14-19-13(20-21-14)12-10(16)6-9(15)7-18-12/h6-8,11,17H,2-5H2,1H3. The maximum absolute atomic E-state index is 6.12. The first-order valence-electron chi connectivity index (χ1n) is 7.05. The highest BCUT2D eigenvalue weighted by Crippen LogP contribution is 2.30. The average molecular weight is 327 g/mol. The van der Waals surface area contributed by atoms with Gasteiger partial charge in [0.05, 0.1) is 16.1 Å². The Hall–Kier alpha value is -1.17. The molecule has 0 radical (unpaired) electrons. The van der Waals surface area contributed by atoms with Gasteiger partial charge in [0.15, 0.2) is 0 Å². The van der Waals surface area contributed by atoms with Crippen molar-refractivity contribution >= 4 is 23.2 Å². The Morgan fingerprint density at radius 3 is 3.05 bits per heavy atom. The summed E-state index contributed by atoms with van der Waals surface area (Å²) in [6.07, 6.45) is 4.90. The van der Waals surface area contributed by atoms with E-state index in [1.54, 1.807) is 6.07 Å². The smallest absolute Gasteiger partial charge is 0.244 e. The van der Waals surface area contributed by atoms with Gasteiger partial charge in [0.2, 0.25) is 11.7 Å². The monoisotopic (exact) mass is 326 g/mol. The molecule has 0 aromatic carbocycles. The number of hydrogen-bond donors (Lipinski definition) is 1. The van der Waals surface area contributed by atoms with Crippen LogP contribution in [0.15, 0.2) is 16.8 Å². The number of hydrogen-bond acceptors (Lipinski definition) is 5. The van der Waals surface area contributed by atoms with Crippen LogP contribution < -0.4 is 5.32 Å². The largest absolute Gasteiger partial charge is 0.337 e. The third-order valence-corrected chi connectivity index (χ3v) is 4.34. The van der Waals surface area contributed by atoms with Gasteiger partial charge in [-0.15, -0.1) is 0 Å². The molecule has 3 heterocycles. The SMILES string of the molecule is CCC1CCNC(c2nc(-c3ncc(Cl)cc3Cl)no2)C1. The Morgan fingerprint density at radius 1 is 1.43 bits per heavy atom. The first-order chi connectivity index (χ1) is 10.2. The van der Waals surface area contributed by atoms with Gasteiger partial charge in [0, 0.05) is 6.20 Å². The molecule has 2 aromatic rings. The Kier molecular flexibility index (Phi) is 4.42. The number of nitrogens with zero attached hydrogens (tertiary/aromatic N) is 3. The molecule has 2 unspecified atom stereocenters. The van der Waals surface area contributed by atoms with Crippen LogP contribution in [0.1, 0.15) is 38.1 Å². The van der Waals surface area contributed by atoms with Gasteiger partial charge < -0.3 is 9.84 Å². The van der Waals surface area contributed by atoms with Crippen molar-refractivity contribution in [1.29, 1.82) is 0 Å². The van der Waals surface area contributed by atoms with E-state index in [2.05, 4.69) is 27.4 Å². The van der Waals surface area contributed by atoms with E-state index in [1.807, 2.05) is 0 Å². The molecule has 1 N–H and O–H groups in total. The molecule has 5 nitrogen and oxygen atoms in total. The molecule has 7 heteroatoms. The predicted octanol–water partition coefficient (Wildman–Crippen LogP) is 3.89. The van der Waals surface area contributed by atoms with Gasteiger partial charge in [-0.05, 0) is 31.4 Å². The Bertz CT molecular complexity index is 631. The van der Waals surface area contributed by atoms with Crippen molar-refractivity contribution in [3.63, 3.8) is 0 Å². The summed E-state index contributed by atoms with van der Waals surface area (Å²) in [7, 11) is 0. The third-order valence-electron chi connectivity index (χ3n) is 3.85. The molecule has 21 heavy (non-hydrogen) atoms. The van der Waals surface area contributed by atoms with Crippen molar-refractivity contribution in [3.8, 4) is 11.5 Å². The first kappa shape index (κ1) is 14.8. The number of nitrogens with one attached hydrogen (secondary N) is 1. The second-order valence-corrected chi connectivity index (χ2v) is 6.09. The molecule has 1 aliphatic heterocycles. The molecule has 1 fully saturated rings. The lowest BCUT2D eigenvalue weighted by atomic mass is 9.90. The summed E-state index contributed by atoms with van der Waals surface area (Å²) in [5.74, 6) is 1.69. The van der Waals surface area contributed by atoms with Gasteiger partial charge in [-0.25, -0.2) is 4.98 Å². The zero-order valence-electron chi connectivity index (χ0n) is 11.6. The van der Waals surface area contributed by atoms with E-state index in [9.17, 15) is 0 Å². The summed E-state index contributed by atoms with van der Waals surface area (Å²) >= 11 is 12.0. The van der Waals surface area contributed by atoms with Crippen LogP contribution in [-0.4, -0.2) is 21.7 Å². The quantitative estimate of drug-likeness (QED) is 0.926. The Labute approximate surface area is 133 Å². The highest BCUT2D eigenvalue weighted by atomic mass is 35.5. The third kappa shape index (κ3) is 3.20. The number of pyridine rings is 1. The highest BCUT2D eigenvalue weighted by Gasteiger charge is 2.26. The molecule has 0 bridgehead atoms. The summed E-state index contributed by atoms with van der Waals surface area (Å²) in [6.45, 7) is 3.19. The van der Waals surface area contributed by atoms with Crippen LogP contribution >= 0.6 is 23.2 Å². The molecule has 112 valence electrons. The first-order valence-corrected chi connectivity index (χ1v) is 7.81. The number of piperidine rings is 1. The van der Waals surface area contributed by atoms with Crippen LogP contribution in [0.5, 0.6) is 0 Å². The molecular formula is C14H16Cl2N4O. The van der Waals surface area contributed by atoms with Crippen molar-refractivity contribution in [2.24, 2.45) is 5.92 Å². The molecule has 1 aliphatic rings. The van der Waals surface area contributed by atoms with E-state index in [-0.39, 0.29) is 6.04 Å². The molecule has 3 rings (SSSR count). The fourth-order valence-electron chi connectivity index (χ4n) is 2.61. The molecule has 2 atom stereocenters. The maximum atomic E-state index is 6.12. The molecule has 0 aliphatic carbocycles. The summed E-state index contributed by atoms with van der Waals surface area (Å²) in [5, 5.41) is 8.30. The normalized spacial score (nSPS) is 22.4. The lowest BCUT2D eigenvalue weighted by Gasteiger charge is -2.27. The van der Waals surface area contributed by atoms with Crippen molar-refractivity contribution < 1.29 is 4.52 Å². The van der Waals surface area contributed by atoms with E-state index in [0.717, 1.165) is 13.0 Å². The fraction of sp³-hybridized carbons (Fsp3) is 0.500. The van der Waals surface area contributed by atoms with Crippen LogP contribution in [0.25, 0.3) is 11.5 Å². The van der Waals surface area contributed by atoms with Gasteiger partial charge in [-0.2, -0.15) is 4.98 Å². The molecule has 0 saturated carbocycles. The molecule has 2 aromatic heterocycles. The van der Waals surface area contributed by atoms with Crippen molar-refractivity contribution in [2.75, 3.05) is 6.54 Å². The summed E-state index contributed by atoms with van der Waals surface area (Å²) in [4.78, 5) is 8.60. The summed E-state index contributed by atoms with van der Waals surface area (Å²) < 4.78 is 5.38. The van der Waals surface area contributed by atoms with Crippen LogP contribution in [0, 0.1) is 5.92 Å². The maximum Gasteiger partial charge on any atom is 0.244 e. The number of halogens is 2. The van der Waals surface area contributed by atoms with E-state index < -0.39 is 0 Å². The summed E-state index contributed by atoms with van der Waals surface area (Å²) in [6, 6.07) is 1.73. The topological polar surface area (TPSA) is 63.8 Å². The van der Waals surface area contributed by atoms with E-state index in [0.29, 0.717) is 33.4 Å². The minimum Gasteiger partial charge on any atom is -0.337 e. The lowest BCUT2D eigenvalue weighted by Crippen LogP contribution is -2.31. The second kappa shape index (κ2) is 6.30. The van der Waals surface area contributed by atoms with Gasteiger partial charge in [-0.3, -0.25) is 0 Å². The zero-order chi connectivity index (χ0) is 14.8. The second-order valence-electron chi connectivity index (χ2n) is 5.25. The van der Waals surface area contributed by atoms with Crippen LogP contribution in [0.2, 0.25) is 10.0 Å². The number of aromatic nitrogens is 3. The van der Waals surface area contributed by atoms with Gasteiger partial charge in [0.1, 0.15) is 5.69 Å². The van der Waals surface area contributed by atoms with Crippen LogP contribution in [0.3, 0.4) is 0 Å². The van der Waals surface area contributed by atoms with E-state index >= 15 is 0 Å². The van der Waals surface area contributed by atoms with E-state index in [1.165, 1.54) is 19.0 Å².